The molecule has 0 radical (unpaired) electrons. The van der Waals surface area contributed by atoms with Crippen LogP contribution in [-0.4, -0.2) is 19.7 Å². The first-order valence-corrected chi connectivity index (χ1v) is 5.99. The molecule has 2 unspecified atom stereocenters. The quantitative estimate of drug-likeness (QED) is 0.875. The van der Waals surface area contributed by atoms with Crippen molar-refractivity contribution < 1.29 is 13.5 Å². The van der Waals surface area contributed by atoms with Gasteiger partial charge in [0.15, 0.2) is 11.6 Å². The third-order valence-corrected chi connectivity index (χ3v) is 3.14. The lowest BCUT2D eigenvalue weighted by Gasteiger charge is -2.19. The van der Waals surface area contributed by atoms with Crippen molar-refractivity contribution in [3.63, 3.8) is 0 Å². The summed E-state index contributed by atoms with van der Waals surface area (Å²) in [6.45, 7) is 4.48. The summed E-state index contributed by atoms with van der Waals surface area (Å²) in [7, 11) is 0. The predicted octanol–water partition coefficient (Wildman–Crippen LogP) is 2.65. The number of hydrogen-bond acceptors (Lipinski definition) is 2. The molecule has 0 saturated carbocycles. The normalized spacial score (nSPS) is 24.2. The van der Waals surface area contributed by atoms with Crippen LogP contribution >= 0.6 is 0 Å². The number of nitrogens with one attached hydrogen (secondary N) is 1. The highest BCUT2D eigenvalue weighted by molar-refractivity contribution is 5.21. The summed E-state index contributed by atoms with van der Waals surface area (Å²) >= 11 is 0. The Kier molecular flexibility index (Phi) is 4.07. The molecule has 1 saturated heterocycles. The van der Waals surface area contributed by atoms with E-state index < -0.39 is 11.6 Å². The highest BCUT2D eigenvalue weighted by Gasteiger charge is 2.29. The van der Waals surface area contributed by atoms with E-state index in [1.165, 1.54) is 6.07 Å². The van der Waals surface area contributed by atoms with Crippen LogP contribution < -0.4 is 5.32 Å². The third kappa shape index (κ3) is 2.82. The van der Waals surface area contributed by atoms with Crippen molar-refractivity contribution in [2.24, 2.45) is 5.92 Å². The van der Waals surface area contributed by atoms with Gasteiger partial charge in [-0.2, -0.15) is 0 Å². The lowest BCUT2D eigenvalue weighted by Crippen LogP contribution is -2.24. The van der Waals surface area contributed by atoms with Gasteiger partial charge in [0, 0.05) is 19.1 Å². The zero-order chi connectivity index (χ0) is 12.3. The molecule has 1 aromatic carbocycles. The Morgan fingerprint density at radius 2 is 2.18 bits per heavy atom. The molecule has 0 aromatic heterocycles. The van der Waals surface area contributed by atoms with Crippen LogP contribution in [0.1, 0.15) is 25.0 Å². The molecule has 1 N–H and O–H groups in total. The van der Waals surface area contributed by atoms with Gasteiger partial charge in [-0.25, -0.2) is 8.78 Å². The van der Waals surface area contributed by atoms with E-state index in [2.05, 4.69) is 5.32 Å². The molecule has 17 heavy (non-hydrogen) atoms. The summed E-state index contributed by atoms with van der Waals surface area (Å²) in [5.74, 6) is -1.28. The molecule has 2 nitrogen and oxygen atoms in total. The molecule has 1 aromatic rings. The lowest BCUT2D eigenvalue weighted by atomic mass is 9.95. The van der Waals surface area contributed by atoms with Crippen LogP contribution in [0.25, 0.3) is 0 Å². The fourth-order valence-corrected chi connectivity index (χ4v) is 2.23. The Bertz CT molecular complexity index is 384. The van der Waals surface area contributed by atoms with Crippen LogP contribution in [0.15, 0.2) is 18.2 Å². The van der Waals surface area contributed by atoms with Gasteiger partial charge in [-0.15, -0.1) is 0 Å². The van der Waals surface area contributed by atoms with Crippen molar-refractivity contribution in [3.05, 3.63) is 35.4 Å². The van der Waals surface area contributed by atoms with E-state index in [1.807, 2.05) is 6.92 Å². The SMILES string of the molecule is CCNCC1CCOC1c1ccc(F)c(F)c1. The topological polar surface area (TPSA) is 21.3 Å². The Balaban J connectivity index is 2.11. The van der Waals surface area contributed by atoms with Crippen molar-refractivity contribution >= 4 is 0 Å². The predicted molar refractivity (Wildman–Crippen MR) is 61.7 cm³/mol. The van der Waals surface area contributed by atoms with Crippen LogP contribution in [0.5, 0.6) is 0 Å². The molecule has 0 aliphatic carbocycles. The molecule has 0 amide bonds. The Hall–Kier alpha value is -1.00. The highest BCUT2D eigenvalue weighted by Crippen LogP contribution is 2.34. The van der Waals surface area contributed by atoms with Gasteiger partial charge < -0.3 is 10.1 Å². The highest BCUT2D eigenvalue weighted by atomic mass is 19.2. The Morgan fingerprint density at radius 3 is 2.88 bits per heavy atom. The molecule has 0 spiro atoms. The minimum atomic E-state index is -0.810. The van der Waals surface area contributed by atoms with Crippen LogP contribution in [0.2, 0.25) is 0 Å². The Morgan fingerprint density at radius 1 is 1.35 bits per heavy atom. The number of rotatable bonds is 4. The second-order valence-electron chi connectivity index (χ2n) is 4.32. The largest absolute Gasteiger partial charge is 0.373 e. The first-order valence-electron chi connectivity index (χ1n) is 5.99. The summed E-state index contributed by atoms with van der Waals surface area (Å²) in [4.78, 5) is 0. The molecular weight excluding hydrogens is 224 g/mol. The number of benzene rings is 1. The number of hydrogen-bond donors (Lipinski definition) is 1. The van der Waals surface area contributed by atoms with Crippen LogP contribution in [0.4, 0.5) is 8.78 Å². The minimum absolute atomic E-state index is 0.121. The first kappa shape index (κ1) is 12.5. The van der Waals surface area contributed by atoms with Crippen molar-refractivity contribution in [3.8, 4) is 0 Å². The molecule has 0 bridgehead atoms. The van der Waals surface area contributed by atoms with Crippen LogP contribution in [0, 0.1) is 17.6 Å². The summed E-state index contributed by atoms with van der Waals surface area (Å²) in [6, 6.07) is 4.01. The summed E-state index contributed by atoms with van der Waals surface area (Å²) in [6.07, 6.45) is 0.834. The second kappa shape index (κ2) is 5.56. The van der Waals surface area contributed by atoms with Crippen LogP contribution in [0.3, 0.4) is 0 Å². The van der Waals surface area contributed by atoms with Gasteiger partial charge in [-0.05, 0) is 30.7 Å². The van der Waals surface area contributed by atoms with E-state index in [9.17, 15) is 8.78 Å². The van der Waals surface area contributed by atoms with Crippen molar-refractivity contribution in [2.75, 3.05) is 19.7 Å². The van der Waals surface area contributed by atoms with Gasteiger partial charge >= 0.3 is 0 Å². The van der Waals surface area contributed by atoms with Crippen LogP contribution in [-0.2, 0) is 4.74 Å². The van der Waals surface area contributed by atoms with Gasteiger partial charge in [0.2, 0.25) is 0 Å². The van der Waals surface area contributed by atoms with Gasteiger partial charge in [-0.3, -0.25) is 0 Å². The summed E-state index contributed by atoms with van der Waals surface area (Å²) in [5, 5.41) is 3.27. The first-order chi connectivity index (χ1) is 8.22. The zero-order valence-electron chi connectivity index (χ0n) is 9.88. The van der Waals surface area contributed by atoms with Crippen molar-refractivity contribution in [1.29, 1.82) is 0 Å². The average molecular weight is 241 g/mol. The molecule has 4 heteroatoms. The minimum Gasteiger partial charge on any atom is -0.373 e. The van der Waals surface area contributed by atoms with Gasteiger partial charge in [0.05, 0.1) is 6.10 Å². The van der Waals surface area contributed by atoms with E-state index in [1.54, 1.807) is 6.07 Å². The van der Waals surface area contributed by atoms with Gasteiger partial charge in [0.1, 0.15) is 0 Å². The molecule has 1 fully saturated rings. The molecule has 2 atom stereocenters. The third-order valence-electron chi connectivity index (χ3n) is 3.14. The second-order valence-corrected chi connectivity index (χ2v) is 4.32. The monoisotopic (exact) mass is 241 g/mol. The lowest BCUT2D eigenvalue weighted by molar-refractivity contribution is 0.0903. The van der Waals surface area contributed by atoms with E-state index in [4.69, 9.17) is 4.74 Å². The van der Waals surface area contributed by atoms with E-state index in [-0.39, 0.29) is 6.10 Å². The van der Waals surface area contributed by atoms with Crippen molar-refractivity contribution in [2.45, 2.75) is 19.4 Å². The van der Waals surface area contributed by atoms with Gasteiger partial charge in [0.25, 0.3) is 0 Å². The fraction of sp³-hybridized carbons (Fsp3) is 0.538. The Labute approximate surface area is 100.0 Å². The summed E-state index contributed by atoms with van der Waals surface area (Å²) in [5.41, 5.74) is 0.726. The standard InChI is InChI=1S/C13H17F2NO/c1-2-16-8-10-5-6-17-13(10)9-3-4-11(14)12(15)7-9/h3-4,7,10,13,16H,2,5-6,8H2,1H3. The average Bonchev–Trinajstić information content (AvgIpc) is 2.78. The maximum Gasteiger partial charge on any atom is 0.159 e. The van der Waals surface area contributed by atoms with Gasteiger partial charge in [-0.1, -0.05) is 13.0 Å². The molecule has 1 aliphatic rings. The molecule has 94 valence electrons. The maximum absolute atomic E-state index is 13.2. The summed E-state index contributed by atoms with van der Waals surface area (Å²) < 4.78 is 31.6. The fourth-order valence-electron chi connectivity index (χ4n) is 2.23. The number of halogens is 2. The van der Waals surface area contributed by atoms with E-state index in [0.29, 0.717) is 12.5 Å². The molecular formula is C13H17F2NO. The zero-order valence-corrected chi connectivity index (χ0v) is 9.88. The molecule has 1 aliphatic heterocycles. The molecule has 2 rings (SSSR count). The van der Waals surface area contributed by atoms with E-state index >= 15 is 0 Å². The maximum atomic E-state index is 13.2. The van der Waals surface area contributed by atoms with Crippen molar-refractivity contribution in [1.82, 2.24) is 5.32 Å². The smallest absolute Gasteiger partial charge is 0.159 e. The van der Waals surface area contributed by atoms with E-state index in [0.717, 1.165) is 31.1 Å². The molecule has 1 heterocycles. The number of ether oxygens (including phenoxy) is 1.